The van der Waals surface area contributed by atoms with Crippen LogP contribution in [0.5, 0.6) is 0 Å². The lowest BCUT2D eigenvalue weighted by atomic mass is 10.1. The highest BCUT2D eigenvalue weighted by Gasteiger charge is 2.25. The molecule has 0 saturated carbocycles. The molecule has 1 unspecified atom stereocenters. The molecular weight excluding hydrogens is 286 g/mol. The predicted octanol–water partition coefficient (Wildman–Crippen LogP) is 2.86. The number of nitrogens with one attached hydrogen (secondary N) is 1. The molecule has 1 N–H and O–H groups in total. The summed E-state index contributed by atoms with van der Waals surface area (Å²) in [6.45, 7) is 2.59. The lowest BCUT2D eigenvalue weighted by Gasteiger charge is -2.30. The van der Waals surface area contributed by atoms with E-state index >= 15 is 0 Å². The third kappa shape index (κ3) is 4.15. The molecule has 1 aromatic carbocycles. The molecule has 0 bridgehead atoms. The largest absolute Gasteiger partial charge is 0.344 e. The normalized spacial score (nSPS) is 16.8. The average Bonchev–Trinajstić information content (AvgIpc) is 2.33. The Kier molecular flexibility index (Phi) is 5.31. The highest BCUT2D eigenvalue weighted by atomic mass is 35.5. The van der Waals surface area contributed by atoms with Crippen molar-refractivity contribution in [2.45, 2.75) is 25.3 Å². The van der Waals surface area contributed by atoms with Crippen molar-refractivity contribution in [2.75, 3.05) is 19.6 Å². The lowest BCUT2D eigenvalue weighted by Crippen LogP contribution is -2.40. The third-order valence-electron chi connectivity index (χ3n) is 3.38. The molecule has 6 heteroatoms. The zero-order valence-corrected chi connectivity index (χ0v) is 11.7. The molecule has 1 aliphatic heterocycles. The summed E-state index contributed by atoms with van der Waals surface area (Å²) in [4.78, 5) is 13.9. The maximum Gasteiger partial charge on any atom is 0.262 e. The van der Waals surface area contributed by atoms with Crippen molar-refractivity contribution >= 4 is 17.5 Å². The molecule has 1 atom stereocenters. The van der Waals surface area contributed by atoms with E-state index in [9.17, 15) is 13.6 Å². The van der Waals surface area contributed by atoms with Gasteiger partial charge in [0.2, 0.25) is 5.91 Å². The first kappa shape index (κ1) is 15.2. The summed E-state index contributed by atoms with van der Waals surface area (Å²) < 4.78 is 26.2. The number of rotatable bonds is 6. The summed E-state index contributed by atoms with van der Waals surface area (Å²) in [5.41, 5.74) is 0.324. The molecule has 1 aliphatic rings. The van der Waals surface area contributed by atoms with Gasteiger partial charge in [-0.3, -0.25) is 4.79 Å². The first-order valence-electron chi connectivity index (χ1n) is 6.61. The molecule has 1 fully saturated rings. The van der Waals surface area contributed by atoms with Crippen molar-refractivity contribution in [3.8, 4) is 0 Å². The summed E-state index contributed by atoms with van der Waals surface area (Å²) >= 11 is 5.80. The predicted molar refractivity (Wildman–Crippen MR) is 74.0 cm³/mol. The number of carbonyl (C=O) groups is 1. The van der Waals surface area contributed by atoms with Gasteiger partial charge in [0.25, 0.3) is 6.43 Å². The summed E-state index contributed by atoms with van der Waals surface area (Å²) in [6.07, 6.45) is -1.28. The summed E-state index contributed by atoms with van der Waals surface area (Å²) in [5.74, 6) is -0.359. The second-order valence-electron chi connectivity index (χ2n) is 4.88. The van der Waals surface area contributed by atoms with E-state index in [0.29, 0.717) is 17.1 Å². The number of benzene rings is 1. The molecular formula is C14H17ClF2N2O. The van der Waals surface area contributed by atoms with Crippen LogP contribution in [0, 0.1) is 0 Å². The molecule has 0 spiro atoms. The smallest absolute Gasteiger partial charge is 0.262 e. The molecule has 1 heterocycles. The highest BCUT2D eigenvalue weighted by molar-refractivity contribution is 6.30. The van der Waals surface area contributed by atoms with E-state index in [1.54, 1.807) is 18.2 Å². The van der Waals surface area contributed by atoms with Crippen molar-refractivity contribution in [3.63, 3.8) is 0 Å². The first-order valence-corrected chi connectivity index (χ1v) is 6.99. The topological polar surface area (TPSA) is 32.3 Å². The number of likely N-dealkylation sites (tertiary alicyclic amines) is 1. The summed E-state index contributed by atoms with van der Waals surface area (Å²) in [5, 5.41) is 2.77. The summed E-state index contributed by atoms with van der Waals surface area (Å²) in [7, 11) is 0. The Labute approximate surface area is 121 Å². The van der Waals surface area contributed by atoms with Crippen LogP contribution in [0.4, 0.5) is 8.78 Å². The molecule has 2 rings (SSSR count). The minimum absolute atomic E-state index is 0.240. The Morgan fingerprint density at radius 1 is 1.40 bits per heavy atom. The standard InChI is InChI=1S/C14H17ClF2N2O/c15-11-4-1-3-10(9-11)13(14(16)17)18-12(20)5-8-19-6-2-7-19/h1,3-4,9,13-14H,2,5-8H2,(H,18,20). The number of hydrogen-bond acceptors (Lipinski definition) is 2. The molecule has 1 saturated heterocycles. The van der Waals surface area contributed by atoms with Gasteiger partial charge in [0, 0.05) is 18.0 Å². The maximum atomic E-state index is 13.1. The fraction of sp³-hybridized carbons (Fsp3) is 0.500. The van der Waals surface area contributed by atoms with Crippen LogP contribution in [-0.4, -0.2) is 36.9 Å². The van der Waals surface area contributed by atoms with Crippen LogP contribution in [0.15, 0.2) is 24.3 Å². The van der Waals surface area contributed by atoms with E-state index in [4.69, 9.17) is 11.6 Å². The number of hydrogen-bond donors (Lipinski definition) is 1. The molecule has 1 aromatic rings. The van der Waals surface area contributed by atoms with Crippen molar-refractivity contribution < 1.29 is 13.6 Å². The number of halogens is 3. The van der Waals surface area contributed by atoms with E-state index in [1.165, 1.54) is 6.07 Å². The average molecular weight is 303 g/mol. The second kappa shape index (κ2) is 6.99. The molecule has 1 amide bonds. The highest BCUT2D eigenvalue weighted by Crippen LogP contribution is 2.23. The fourth-order valence-corrected chi connectivity index (χ4v) is 2.30. The van der Waals surface area contributed by atoms with E-state index in [-0.39, 0.29) is 12.3 Å². The fourth-order valence-electron chi connectivity index (χ4n) is 2.10. The number of amides is 1. The maximum absolute atomic E-state index is 13.1. The van der Waals surface area contributed by atoms with Gasteiger partial charge in [-0.2, -0.15) is 0 Å². The minimum Gasteiger partial charge on any atom is -0.344 e. The van der Waals surface area contributed by atoms with Crippen molar-refractivity contribution in [2.24, 2.45) is 0 Å². The molecule has 0 aromatic heterocycles. The Morgan fingerprint density at radius 2 is 2.15 bits per heavy atom. The number of carbonyl (C=O) groups excluding carboxylic acids is 1. The van der Waals surface area contributed by atoms with Gasteiger partial charge >= 0.3 is 0 Å². The van der Waals surface area contributed by atoms with Crippen LogP contribution in [0.3, 0.4) is 0 Å². The van der Waals surface area contributed by atoms with Crippen molar-refractivity contribution in [1.29, 1.82) is 0 Å². The van der Waals surface area contributed by atoms with Crippen molar-refractivity contribution in [3.05, 3.63) is 34.9 Å². The van der Waals surface area contributed by atoms with Crippen LogP contribution in [0.1, 0.15) is 24.4 Å². The first-order chi connectivity index (χ1) is 9.56. The van der Waals surface area contributed by atoms with Gasteiger partial charge in [0.1, 0.15) is 6.04 Å². The molecule has 0 aliphatic carbocycles. The quantitative estimate of drug-likeness (QED) is 0.876. The lowest BCUT2D eigenvalue weighted by molar-refractivity contribution is -0.123. The zero-order valence-electron chi connectivity index (χ0n) is 11.0. The van der Waals surface area contributed by atoms with E-state index in [0.717, 1.165) is 19.5 Å². The van der Waals surface area contributed by atoms with E-state index < -0.39 is 12.5 Å². The third-order valence-corrected chi connectivity index (χ3v) is 3.62. The Hall–Kier alpha value is -1.20. The van der Waals surface area contributed by atoms with Gasteiger partial charge in [-0.05, 0) is 37.2 Å². The molecule has 0 radical (unpaired) electrons. The molecule has 20 heavy (non-hydrogen) atoms. The summed E-state index contributed by atoms with van der Waals surface area (Å²) in [6, 6.07) is 4.89. The van der Waals surface area contributed by atoms with Crippen molar-refractivity contribution in [1.82, 2.24) is 10.2 Å². The second-order valence-corrected chi connectivity index (χ2v) is 5.32. The van der Waals surface area contributed by atoms with Gasteiger partial charge in [-0.25, -0.2) is 8.78 Å². The Bertz CT molecular complexity index is 466. The van der Waals surface area contributed by atoms with Gasteiger partial charge < -0.3 is 10.2 Å². The monoisotopic (exact) mass is 302 g/mol. The van der Waals surface area contributed by atoms with Gasteiger partial charge in [0.05, 0.1) is 0 Å². The number of nitrogens with zero attached hydrogens (tertiary/aromatic N) is 1. The van der Waals surface area contributed by atoms with Crippen LogP contribution >= 0.6 is 11.6 Å². The van der Waals surface area contributed by atoms with Gasteiger partial charge in [-0.1, -0.05) is 23.7 Å². The Balaban J connectivity index is 1.92. The van der Waals surface area contributed by atoms with Crippen LogP contribution in [-0.2, 0) is 4.79 Å². The zero-order chi connectivity index (χ0) is 14.5. The SMILES string of the molecule is O=C(CCN1CCC1)NC(c1cccc(Cl)c1)C(F)F. The van der Waals surface area contributed by atoms with Gasteiger partial charge in [-0.15, -0.1) is 0 Å². The Morgan fingerprint density at radius 3 is 2.70 bits per heavy atom. The molecule has 110 valence electrons. The van der Waals surface area contributed by atoms with E-state index in [1.807, 2.05) is 0 Å². The van der Waals surface area contributed by atoms with Crippen LogP contribution in [0.2, 0.25) is 5.02 Å². The van der Waals surface area contributed by atoms with Crippen LogP contribution < -0.4 is 5.32 Å². The number of alkyl halides is 2. The van der Waals surface area contributed by atoms with Gasteiger partial charge in [0.15, 0.2) is 0 Å². The minimum atomic E-state index is -2.67. The molecule has 3 nitrogen and oxygen atoms in total. The van der Waals surface area contributed by atoms with Crippen LogP contribution in [0.25, 0.3) is 0 Å². The van der Waals surface area contributed by atoms with E-state index in [2.05, 4.69) is 10.2 Å².